The molecule has 1 aliphatic rings. The van der Waals surface area contributed by atoms with Crippen LogP contribution in [-0.2, 0) is 0 Å². The van der Waals surface area contributed by atoms with Crippen molar-refractivity contribution in [1.29, 1.82) is 0 Å². The highest BCUT2D eigenvalue weighted by molar-refractivity contribution is 5.43. The summed E-state index contributed by atoms with van der Waals surface area (Å²) in [4.78, 5) is 9.09. The van der Waals surface area contributed by atoms with Gasteiger partial charge in [-0.1, -0.05) is 6.92 Å². The van der Waals surface area contributed by atoms with E-state index < -0.39 is 6.10 Å². The van der Waals surface area contributed by atoms with Crippen LogP contribution in [0.3, 0.4) is 0 Å². The third-order valence-corrected chi connectivity index (χ3v) is 3.89. The Hall–Kier alpha value is -1.13. The first-order chi connectivity index (χ1) is 9.20. The number of hydrogen-bond acceptors (Lipinski definition) is 4. The molecule has 1 N–H and O–H groups in total. The molecule has 1 atom stereocenters. The van der Waals surface area contributed by atoms with E-state index in [0.717, 1.165) is 24.5 Å². The molecule has 1 aromatic rings. The molecule has 0 aliphatic carbocycles. The third-order valence-electron chi connectivity index (χ3n) is 3.89. The van der Waals surface area contributed by atoms with Gasteiger partial charge in [-0.15, -0.1) is 0 Å². The van der Waals surface area contributed by atoms with Gasteiger partial charge in [0.1, 0.15) is 0 Å². The van der Waals surface area contributed by atoms with Crippen LogP contribution in [0.5, 0.6) is 0 Å². The number of likely N-dealkylation sites (tertiary alicyclic amines) is 1. The Labute approximate surface area is 116 Å². The maximum atomic E-state index is 9.72. The Bertz CT molecular complexity index is 373. The van der Waals surface area contributed by atoms with Crippen LogP contribution >= 0.6 is 0 Å². The average Bonchev–Trinajstić information content (AvgIpc) is 2.97. The molecule has 0 aromatic carbocycles. The van der Waals surface area contributed by atoms with E-state index in [1.54, 1.807) is 0 Å². The van der Waals surface area contributed by atoms with Gasteiger partial charge in [-0.2, -0.15) is 0 Å². The lowest BCUT2D eigenvalue weighted by atomic mass is 10.2. The molecular weight excluding hydrogens is 238 g/mol. The Morgan fingerprint density at radius 2 is 2.11 bits per heavy atom. The van der Waals surface area contributed by atoms with Crippen molar-refractivity contribution in [2.45, 2.75) is 32.3 Å². The monoisotopic (exact) mass is 263 g/mol. The predicted octanol–water partition coefficient (Wildman–Crippen LogP) is 2.06. The summed E-state index contributed by atoms with van der Waals surface area (Å²) in [6.45, 7) is 6.59. The highest BCUT2D eigenvalue weighted by atomic mass is 16.3. The van der Waals surface area contributed by atoms with Gasteiger partial charge in [0, 0.05) is 20.1 Å². The van der Waals surface area contributed by atoms with Crippen molar-refractivity contribution in [2.24, 2.45) is 0 Å². The molecule has 1 saturated heterocycles. The van der Waals surface area contributed by atoms with E-state index in [2.05, 4.69) is 21.8 Å². The maximum Gasteiger partial charge on any atom is 0.0957 e. The lowest BCUT2D eigenvalue weighted by Crippen LogP contribution is -2.31. The van der Waals surface area contributed by atoms with Crippen molar-refractivity contribution in [2.75, 3.05) is 38.1 Å². The fourth-order valence-electron chi connectivity index (χ4n) is 2.46. The van der Waals surface area contributed by atoms with Crippen LogP contribution in [0.2, 0.25) is 0 Å². The van der Waals surface area contributed by atoms with Gasteiger partial charge in [0.2, 0.25) is 0 Å². The van der Waals surface area contributed by atoms with Crippen LogP contribution in [0.4, 0.5) is 5.69 Å². The quantitative estimate of drug-likeness (QED) is 0.853. The Morgan fingerprint density at radius 3 is 2.68 bits per heavy atom. The first-order valence-electron chi connectivity index (χ1n) is 7.28. The van der Waals surface area contributed by atoms with Gasteiger partial charge in [0.05, 0.1) is 23.7 Å². The van der Waals surface area contributed by atoms with Crippen molar-refractivity contribution in [3.05, 3.63) is 24.0 Å². The molecule has 4 nitrogen and oxygen atoms in total. The fourth-order valence-corrected chi connectivity index (χ4v) is 2.46. The number of aliphatic hydroxyl groups excluding tert-OH is 1. The molecule has 1 fully saturated rings. The molecule has 2 heterocycles. The van der Waals surface area contributed by atoms with Crippen LogP contribution in [-0.4, -0.2) is 48.2 Å². The molecule has 1 aliphatic heterocycles. The lowest BCUT2D eigenvalue weighted by Gasteiger charge is -2.23. The van der Waals surface area contributed by atoms with Gasteiger partial charge in [0.25, 0.3) is 0 Å². The fraction of sp³-hybridized carbons (Fsp3) is 0.667. The van der Waals surface area contributed by atoms with Crippen LogP contribution in [0.1, 0.15) is 38.0 Å². The van der Waals surface area contributed by atoms with Crippen LogP contribution in [0.25, 0.3) is 0 Å². The van der Waals surface area contributed by atoms with Crippen molar-refractivity contribution in [3.8, 4) is 0 Å². The molecule has 0 amide bonds. The second-order valence-electron chi connectivity index (χ2n) is 5.34. The zero-order chi connectivity index (χ0) is 13.7. The van der Waals surface area contributed by atoms with E-state index in [1.165, 1.54) is 25.9 Å². The molecule has 4 heteroatoms. The van der Waals surface area contributed by atoms with Crippen LogP contribution in [0.15, 0.2) is 18.3 Å². The molecule has 106 valence electrons. The Kier molecular flexibility index (Phi) is 5.16. The summed E-state index contributed by atoms with van der Waals surface area (Å²) in [6.07, 6.45) is 4.81. The molecule has 0 saturated carbocycles. The Balaban J connectivity index is 1.86. The second kappa shape index (κ2) is 6.87. The summed E-state index contributed by atoms with van der Waals surface area (Å²) in [7, 11) is 2.10. The lowest BCUT2D eigenvalue weighted by molar-refractivity contribution is 0.169. The minimum Gasteiger partial charge on any atom is -0.387 e. The van der Waals surface area contributed by atoms with Gasteiger partial charge in [-0.05, 0) is 44.5 Å². The molecule has 0 bridgehead atoms. The van der Waals surface area contributed by atoms with Gasteiger partial charge in [0.15, 0.2) is 0 Å². The maximum absolute atomic E-state index is 9.72. The van der Waals surface area contributed by atoms with Gasteiger partial charge in [-0.3, -0.25) is 4.98 Å². The topological polar surface area (TPSA) is 39.6 Å². The highest BCUT2D eigenvalue weighted by Gasteiger charge is 2.12. The predicted molar refractivity (Wildman–Crippen MR) is 78.4 cm³/mol. The second-order valence-corrected chi connectivity index (χ2v) is 5.34. The van der Waals surface area contributed by atoms with E-state index in [9.17, 15) is 5.11 Å². The van der Waals surface area contributed by atoms with Gasteiger partial charge < -0.3 is 14.9 Å². The summed E-state index contributed by atoms with van der Waals surface area (Å²) in [5.41, 5.74) is 1.88. The minimum absolute atomic E-state index is 0.441. The summed E-state index contributed by atoms with van der Waals surface area (Å²) in [5.74, 6) is 0. The van der Waals surface area contributed by atoms with E-state index >= 15 is 0 Å². The van der Waals surface area contributed by atoms with Crippen LogP contribution in [0, 0.1) is 0 Å². The Morgan fingerprint density at radius 1 is 1.37 bits per heavy atom. The van der Waals surface area contributed by atoms with Crippen molar-refractivity contribution in [3.63, 3.8) is 0 Å². The molecule has 2 rings (SSSR count). The number of aromatic nitrogens is 1. The number of pyridine rings is 1. The van der Waals surface area contributed by atoms with Crippen molar-refractivity contribution >= 4 is 5.69 Å². The normalized spacial score (nSPS) is 17.6. The number of rotatable bonds is 6. The summed E-state index contributed by atoms with van der Waals surface area (Å²) >= 11 is 0. The van der Waals surface area contributed by atoms with Gasteiger partial charge in [-0.25, -0.2) is 0 Å². The zero-order valence-corrected chi connectivity index (χ0v) is 12.0. The van der Waals surface area contributed by atoms with Crippen molar-refractivity contribution < 1.29 is 5.11 Å². The molecular formula is C15H25N3O. The smallest absolute Gasteiger partial charge is 0.0957 e. The standard InChI is InChI=1S/C15H25N3O/c1-3-15(19)14-7-6-13(12-16-14)17(2)10-11-18-8-4-5-9-18/h6-7,12,15,19H,3-5,8-11H2,1-2H3. The minimum atomic E-state index is -0.441. The first-order valence-corrected chi connectivity index (χ1v) is 7.28. The van der Waals surface area contributed by atoms with Crippen LogP contribution < -0.4 is 4.90 Å². The molecule has 19 heavy (non-hydrogen) atoms. The summed E-state index contributed by atoms with van der Waals surface area (Å²) < 4.78 is 0. The number of hydrogen-bond donors (Lipinski definition) is 1. The largest absolute Gasteiger partial charge is 0.387 e. The number of anilines is 1. The third kappa shape index (κ3) is 3.91. The molecule has 0 radical (unpaired) electrons. The number of aliphatic hydroxyl groups is 1. The van der Waals surface area contributed by atoms with E-state index in [4.69, 9.17) is 0 Å². The summed E-state index contributed by atoms with van der Waals surface area (Å²) in [6, 6.07) is 3.97. The van der Waals surface area contributed by atoms with E-state index in [0.29, 0.717) is 6.42 Å². The molecule has 0 spiro atoms. The SMILES string of the molecule is CCC(O)c1ccc(N(C)CCN2CCCC2)cn1. The van der Waals surface area contributed by atoms with Crippen molar-refractivity contribution in [1.82, 2.24) is 9.88 Å². The zero-order valence-electron chi connectivity index (χ0n) is 12.0. The van der Waals surface area contributed by atoms with E-state index in [1.807, 2.05) is 25.3 Å². The molecule has 1 aromatic heterocycles. The van der Waals surface area contributed by atoms with Gasteiger partial charge >= 0.3 is 0 Å². The highest BCUT2D eigenvalue weighted by Crippen LogP contribution is 2.17. The average molecular weight is 263 g/mol. The van der Waals surface area contributed by atoms with E-state index in [-0.39, 0.29) is 0 Å². The number of likely N-dealkylation sites (N-methyl/N-ethyl adjacent to an activating group) is 1. The molecule has 1 unspecified atom stereocenters. The number of nitrogens with zero attached hydrogens (tertiary/aromatic N) is 3. The summed E-state index contributed by atoms with van der Waals surface area (Å²) in [5, 5.41) is 9.72. The first kappa shape index (κ1) is 14.3.